The van der Waals surface area contributed by atoms with Gasteiger partial charge < -0.3 is 9.64 Å². The first-order valence-electron chi connectivity index (χ1n) is 5.92. The summed E-state index contributed by atoms with van der Waals surface area (Å²) in [6, 6.07) is 2.21. The van der Waals surface area contributed by atoms with Gasteiger partial charge in [0.1, 0.15) is 0 Å². The Labute approximate surface area is 113 Å². The van der Waals surface area contributed by atoms with E-state index in [1.807, 2.05) is 16.3 Å². The molecule has 0 aromatic carbocycles. The van der Waals surface area contributed by atoms with Crippen molar-refractivity contribution >= 4 is 33.2 Å². The Bertz CT molecular complexity index is 434. The van der Waals surface area contributed by atoms with Gasteiger partial charge in [-0.25, -0.2) is 0 Å². The Balaban J connectivity index is 1.81. The van der Waals surface area contributed by atoms with E-state index < -0.39 is 0 Å². The fraction of sp³-hybridized carbons (Fsp3) is 0.583. The third kappa shape index (κ3) is 2.16. The maximum atomic E-state index is 12.4. The van der Waals surface area contributed by atoms with E-state index in [0.717, 1.165) is 28.7 Å². The lowest BCUT2D eigenvalue weighted by molar-refractivity contribution is -0.0443. The topological polar surface area (TPSA) is 29.5 Å². The molecule has 2 heterocycles. The zero-order valence-electron chi connectivity index (χ0n) is 9.39. The first-order chi connectivity index (χ1) is 8.25. The van der Waals surface area contributed by atoms with E-state index >= 15 is 0 Å². The summed E-state index contributed by atoms with van der Waals surface area (Å²) < 4.78 is 6.71. The SMILES string of the molecule is O=C(c1cc(Br)cs1)N1CCO[C@@H]2CCC[C@@H]21. The van der Waals surface area contributed by atoms with Crippen molar-refractivity contribution in [3.8, 4) is 0 Å². The van der Waals surface area contributed by atoms with Gasteiger partial charge >= 0.3 is 0 Å². The average molecular weight is 316 g/mol. The molecule has 0 spiro atoms. The van der Waals surface area contributed by atoms with Gasteiger partial charge in [0.25, 0.3) is 5.91 Å². The minimum absolute atomic E-state index is 0.168. The molecule has 17 heavy (non-hydrogen) atoms. The Morgan fingerprint density at radius 3 is 3.18 bits per heavy atom. The average Bonchev–Trinajstić information content (AvgIpc) is 2.95. The maximum Gasteiger partial charge on any atom is 0.264 e. The molecule has 1 aromatic heterocycles. The lowest BCUT2D eigenvalue weighted by atomic mass is 10.1. The van der Waals surface area contributed by atoms with Crippen LogP contribution in [0.5, 0.6) is 0 Å². The summed E-state index contributed by atoms with van der Waals surface area (Å²) >= 11 is 4.90. The molecule has 1 aromatic rings. The molecule has 1 saturated carbocycles. The summed E-state index contributed by atoms with van der Waals surface area (Å²) in [5.74, 6) is 0.168. The quantitative estimate of drug-likeness (QED) is 0.797. The molecular formula is C12H14BrNO2S. The number of carbonyl (C=O) groups excluding carboxylic acids is 1. The number of morpholine rings is 1. The molecule has 1 aliphatic carbocycles. The lowest BCUT2D eigenvalue weighted by Crippen LogP contribution is -2.51. The van der Waals surface area contributed by atoms with Crippen molar-refractivity contribution in [3.63, 3.8) is 0 Å². The number of amides is 1. The largest absolute Gasteiger partial charge is 0.374 e. The van der Waals surface area contributed by atoms with E-state index in [1.54, 1.807) is 0 Å². The van der Waals surface area contributed by atoms with E-state index in [-0.39, 0.29) is 12.0 Å². The van der Waals surface area contributed by atoms with Gasteiger partial charge in [-0.05, 0) is 41.3 Å². The minimum Gasteiger partial charge on any atom is -0.374 e. The second-order valence-corrected chi connectivity index (χ2v) is 6.36. The fourth-order valence-corrected chi connectivity index (χ4v) is 4.13. The molecule has 2 aliphatic rings. The van der Waals surface area contributed by atoms with Gasteiger partial charge in [-0.3, -0.25) is 4.79 Å². The number of hydrogen-bond acceptors (Lipinski definition) is 3. The summed E-state index contributed by atoms with van der Waals surface area (Å²) in [5, 5.41) is 1.96. The first-order valence-corrected chi connectivity index (χ1v) is 7.59. The van der Waals surface area contributed by atoms with E-state index in [9.17, 15) is 4.79 Å². The molecule has 0 bridgehead atoms. The van der Waals surface area contributed by atoms with Crippen molar-refractivity contribution in [1.82, 2.24) is 4.90 Å². The van der Waals surface area contributed by atoms with Crippen molar-refractivity contribution in [2.24, 2.45) is 0 Å². The first kappa shape index (κ1) is 11.7. The molecule has 0 radical (unpaired) electrons. The fourth-order valence-electron chi connectivity index (χ4n) is 2.74. The number of halogens is 1. The summed E-state index contributed by atoms with van der Waals surface area (Å²) in [7, 11) is 0. The molecule has 1 aliphatic heterocycles. The number of ether oxygens (including phenoxy) is 1. The summed E-state index contributed by atoms with van der Waals surface area (Å²) in [6.45, 7) is 1.41. The van der Waals surface area contributed by atoms with Crippen molar-refractivity contribution in [2.75, 3.05) is 13.2 Å². The Morgan fingerprint density at radius 2 is 2.41 bits per heavy atom. The van der Waals surface area contributed by atoms with Crippen LogP contribution in [0.3, 0.4) is 0 Å². The van der Waals surface area contributed by atoms with Crippen LogP contribution in [0.1, 0.15) is 28.9 Å². The number of fused-ring (bicyclic) bond motifs is 1. The molecule has 2 fully saturated rings. The van der Waals surface area contributed by atoms with Crippen LogP contribution in [0.15, 0.2) is 15.9 Å². The van der Waals surface area contributed by atoms with Crippen LogP contribution in [0, 0.1) is 0 Å². The number of nitrogens with zero attached hydrogens (tertiary/aromatic N) is 1. The highest BCUT2D eigenvalue weighted by Crippen LogP contribution is 2.31. The van der Waals surface area contributed by atoms with E-state index in [2.05, 4.69) is 15.9 Å². The van der Waals surface area contributed by atoms with Crippen molar-refractivity contribution < 1.29 is 9.53 Å². The van der Waals surface area contributed by atoms with Crippen molar-refractivity contribution in [1.29, 1.82) is 0 Å². The van der Waals surface area contributed by atoms with E-state index in [4.69, 9.17) is 4.74 Å². The zero-order chi connectivity index (χ0) is 11.8. The van der Waals surface area contributed by atoms with Crippen molar-refractivity contribution in [2.45, 2.75) is 31.4 Å². The van der Waals surface area contributed by atoms with Gasteiger partial charge in [0.2, 0.25) is 0 Å². The predicted octanol–water partition coefficient (Wildman–Crippen LogP) is 2.90. The van der Waals surface area contributed by atoms with Crippen LogP contribution >= 0.6 is 27.3 Å². The highest BCUT2D eigenvalue weighted by molar-refractivity contribution is 9.10. The number of hydrogen-bond donors (Lipinski definition) is 0. The summed E-state index contributed by atoms with van der Waals surface area (Å²) in [6.07, 6.45) is 3.63. The van der Waals surface area contributed by atoms with Crippen LogP contribution in [0.4, 0.5) is 0 Å². The van der Waals surface area contributed by atoms with Crippen molar-refractivity contribution in [3.05, 3.63) is 20.8 Å². The lowest BCUT2D eigenvalue weighted by Gasteiger charge is -2.37. The highest BCUT2D eigenvalue weighted by Gasteiger charge is 2.38. The molecule has 2 atom stereocenters. The summed E-state index contributed by atoms with van der Waals surface area (Å²) in [5.41, 5.74) is 0. The normalized spacial score (nSPS) is 28.2. The van der Waals surface area contributed by atoms with E-state index in [0.29, 0.717) is 12.6 Å². The van der Waals surface area contributed by atoms with Crippen LogP contribution in [-0.2, 0) is 4.74 Å². The number of rotatable bonds is 1. The zero-order valence-corrected chi connectivity index (χ0v) is 11.8. The Morgan fingerprint density at radius 1 is 1.53 bits per heavy atom. The van der Waals surface area contributed by atoms with Crippen LogP contribution in [0.2, 0.25) is 0 Å². The molecule has 5 heteroatoms. The smallest absolute Gasteiger partial charge is 0.264 e. The van der Waals surface area contributed by atoms with Gasteiger partial charge in [-0.2, -0.15) is 0 Å². The summed E-state index contributed by atoms with van der Waals surface area (Å²) in [4.78, 5) is 15.3. The van der Waals surface area contributed by atoms with Gasteiger partial charge in [0, 0.05) is 16.4 Å². The predicted molar refractivity (Wildman–Crippen MR) is 70.4 cm³/mol. The van der Waals surface area contributed by atoms with Crippen LogP contribution in [0.25, 0.3) is 0 Å². The molecule has 92 valence electrons. The van der Waals surface area contributed by atoms with E-state index in [1.165, 1.54) is 17.8 Å². The standard InChI is InChI=1S/C12H14BrNO2S/c13-8-6-11(17-7-8)12(15)14-4-5-16-10-3-1-2-9(10)14/h6-7,9-10H,1-5H2/t9-,10+/m0/s1. The Hall–Kier alpha value is -0.390. The molecule has 1 saturated heterocycles. The van der Waals surface area contributed by atoms with Crippen LogP contribution in [-0.4, -0.2) is 36.1 Å². The third-order valence-corrected chi connectivity index (χ3v) is 5.20. The maximum absolute atomic E-state index is 12.4. The van der Waals surface area contributed by atoms with Gasteiger partial charge in [0.15, 0.2) is 0 Å². The monoisotopic (exact) mass is 315 g/mol. The molecule has 0 unspecified atom stereocenters. The van der Waals surface area contributed by atoms with Gasteiger partial charge in [-0.1, -0.05) is 0 Å². The second kappa shape index (κ2) is 4.71. The number of thiophene rings is 1. The highest BCUT2D eigenvalue weighted by atomic mass is 79.9. The second-order valence-electron chi connectivity index (χ2n) is 4.54. The minimum atomic E-state index is 0.168. The number of carbonyl (C=O) groups is 1. The van der Waals surface area contributed by atoms with Crippen LogP contribution < -0.4 is 0 Å². The van der Waals surface area contributed by atoms with Gasteiger partial charge in [-0.15, -0.1) is 11.3 Å². The molecule has 3 rings (SSSR count). The molecular weight excluding hydrogens is 302 g/mol. The third-order valence-electron chi connectivity index (χ3n) is 3.52. The molecule has 1 amide bonds. The van der Waals surface area contributed by atoms with Gasteiger partial charge in [0.05, 0.1) is 23.6 Å². The molecule has 3 nitrogen and oxygen atoms in total. The Kier molecular flexibility index (Phi) is 3.23. The molecule has 0 N–H and O–H groups in total.